The largest absolute Gasteiger partial charge is 0.430 e. The smallest absolute Gasteiger partial charge is 0.369 e. The maximum Gasteiger partial charge on any atom is 0.430 e. The Hall–Kier alpha value is -2.30. The predicted molar refractivity (Wildman–Crippen MR) is 113 cm³/mol. The summed E-state index contributed by atoms with van der Waals surface area (Å²) in [6.07, 6.45) is -11.8. The van der Waals surface area contributed by atoms with Crippen LogP contribution in [-0.4, -0.2) is 59.3 Å². The number of nitrogens with zero attached hydrogens (tertiary/aromatic N) is 2. The number of hydrogen-bond acceptors (Lipinski definition) is 3. The van der Waals surface area contributed by atoms with E-state index < -0.39 is 23.5 Å². The van der Waals surface area contributed by atoms with Gasteiger partial charge < -0.3 is 10.0 Å². The molecular weight excluding hydrogens is 474 g/mol. The Morgan fingerprint density at radius 2 is 1.24 bits per heavy atom. The molecule has 2 aromatic carbocycles. The number of carbonyl (C=O) groups excluding carboxylic acids is 1. The zero-order valence-corrected chi connectivity index (χ0v) is 18.4. The van der Waals surface area contributed by atoms with Crippen LogP contribution in [0.25, 0.3) is 11.1 Å². The van der Waals surface area contributed by atoms with Gasteiger partial charge in [-0.3, -0.25) is 9.69 Å². The number of aliphatic hydroxyl groups is 1. The SMILES string of the molecule is CC(=O)N1CCN(Cc2ccc(-c3ccc(C(O)(C(F)(F)F)C(F)(F)F)cc3)cc2)CC1.Cl. The minimum atomic E-state index is -5.91. The molecule has 1 fully saturated rings. The molecule has 1 saturated heterocycles. The molecule has 11 heteroatoms. The number of benzene rings is 2. The Morgan fingerprint density at radius 3 is 1.64 bits per heavy atom. The van der Waals surface area contributed by atoms with Crippen molar-refractivity contribution in [2.45, 2.75) is 31.4 Å². The van der Waals surface area contributed by atoms with E-state index in [0.29, 0.717) is 42.9 Å². The average molecular weight is 497 g/mol. The molecule has 1 aliphatic rings. The normalized spacial score (nSPS) is 15.8. The summed E-state index contributed by atoms with van der Waals surface area (Å²) in [5.74, 6) is 0.0453. The maximum atomic E-state index is 13.0. The number of amides is 1. The topological polar surface area (TPSA) is 43.8 Å². The predicted octanol–water partition coefficient (Wildman–Crippen LogP) is 4.75. The number of halogens is 7. The first-order valence-corrected chi connectivity index (χ1v) is 9.86. The molecule has 0 saturated carbocycles. The Labute approximate surface area is 193 Å². The van der Waals surface area contributed by atoms with E-state index in [9.17, 15) is 36.2 Å². The monoisotopic (exact) mass is 496 g/mol. The minimum absolute atomic E-state index is 0. The quantitative estimate of drug-likeness (QED) is 0.621. The van der Waals surface area contributed by atoms with Crippen molar-refractivity contribution in [2.24, 2.45) is 0 Å². The van der Waals surface area contributed by atoms with Crippen molar-refractivity contribution in [2.75, 3.05) is 26.2 Å². The van der Waals surface area contributed by atoms with Crippen LogP contribution < -0.4 is 0 Å². The lowest BCUT2D eigenvalue weighted by atomic mass is 9.90. The van der Waals surface area contributed by atoms with Crippen LogP contribution >= 0.6 is 12.4 Å². The zero-order valence-electron chi connectivity index (χ0n) is 17.6. The molecular formula is C22H23ClF6N2O2. The highest BCUT2D eigenvalue weighted by molar-refractivity contribution is 5.85. The third-order valence-corrected chi connectivity index (χ3v) is 5.63. The molecule has 0 radical (unpaired) electrons. The molecule has 1 aliphatic heterocycles. The highest BCUT2D eigenvalue weighted by atomic mass is 35.5. The van der Waals surface area contributed by atoms with Gasteiger partial charge in [0.25, 0.3) is 5.60 Å². The van der Waals surface area contributed by atoms with E-state index in [1.807, 2.05) is 12.1 Å². The van der Waals surface area contributed by atoms with Gasteiger partial charge in [-0.25, -0.2) is 0 Å². The molecule has 0 unspecified atom stereocenters. The second-order valence-corrected chi connectivity index (χ2v) is 7.76. The van der Waals surface area contributed by atoms with Crippen LogP contribution in [0.1, 0.15) is 18.1 Å². The fourth-order valence-corrected chi connectivity index (χ4v) is 3.67. The van der Waals surface area contributed by atoms with E-state index >= 15 is 0 Å². The van der Waals surface area contributed by atoms with Crippen molar-refractivity contribution in [1.82, 2.24) is 9.80 Å². The van der Waals surface area contributed by atoms with Gasteiger partial charge in [-0.2, -0.15) is 26.3 Å². The van der Waals surface area contributed by atoms with Crippen molar-refractivity contribution in [3.8, 4) is 11.1 Å². The highest BCUT2D eigenvalue weighted by Crippen LogP contribution is 2.50. The molecule has 0 bridgehead atoms. The van der Waals surface area contributed by atoms with E-state index in [4.69, 9.17) is 0 Å². The van der Waals surface area contributed by atoms with Crippen LogP contribution in [0.15, 0.2) is 48.5 Å². The Bertz CT molecular complexity index is 923. The van der Waals surface area contributed by atoms with E-state index in [0.717, 1.165) is 30.8 Å². The van der Waals surface area contributed by atoms with Crippen LogP contribution in [0.5, 0.6) is 0 Å². The van der Waals surface area contributed by atoms with Gasteiger partial charge in [0, 0.05) is 45.2 Å². The minimum Gasteiger partial charge on any atom is -0.369 e. The second-order valence-electron chi connectivity index (χ2n) is 7.76. The first-order chi connectivity index (χ1) is 14.8. The van der Waals surface area contributed by atoms with Gasteiger partial charge in [-0.1, -0.05) is 48.5 Å². The molecule has 0 atom stereocenters. The van der Waals surface area contributed by atoms with Crippen molar-refractivity contribution >= 4 is 18.3 Å². The lowest BCUT2D eigenvalue weighted by molar-refractivity contribution is -0.376. The average Bonchev–Trinajstić information content (AvgIpc) is 2.72. The summed E-state index contributed by atoms with van der Waals surface area (Å²) in [7, 11) is 0. The Morgan fingerprint density at radius 1 is 0.818 bits per heavy atom. The molecule has 182 valence electrons. The summed E-state index contributed by atoms with van der Waals surface area (Å²) >= 11 is 0. The lowest BCUT2D eigenvalue weighted by Gasteiger charge is -2.34. The summed E-state index contributed by atoms with van der Waals surface area (Å²) in [5.41, 5.74) is -4.20. The molecule has 1 amide bonds. The summed E-state index contributed by atoms with van der Waals surface area (Å²) in [6, 6.07) is 10.6. The Kier molecular flexibility index (Phi) is 8.09. The van der Waals surface area contributed by atoms with Gasteiger partial charge in [0.2, 0.25) is 5.91 Å². The Balaban J connectivity index is 0.00000385. The molecule has 0 aromatic heterocycles. The fraction of sp³-hybridized carbons (Fsp3) is 0.409. The summed E-state index contributed by atoms with van der Waals surface area (Å²) in [4.78, 5) is 15.4. The first-order valence-electron chi connectivity index (χ1n) is 9.86. The van der Waals surface area contributed by atoms with Gasteiger partial charge in [-0.15, -0.1) is 12.4 Å². The van der Waals surface area contributed by atoms with Crippen molar-refractivity contribution in [1.29, 1.82) is 0 Å². The molecule has 1 N–H and O–H groups in total. The van der Waals surface area contributed by atoms with Gasteiger partial charge in [0.1, 0.15) is 0 Å². The van der Waals surface area contributed by atoms with Crippen molar-refractivity contribution in [3.05, 3.63) is 59.7 Å². The molecule has 3 rings (SSSR count). The van der Waals surface area contributed by atoms with Crippen molar-refractivity contribution in [3.63, 3.8) is 0 Å². The first kappa shape index (κ1) is 26.9. The number of piperazine rings is 1. The number of hydrogen-bond donors (Lipinski definition) is 1. The van der Waals surface area contributed by atoms with Gasteiger partial charge in [0.15, 0.2) is 0 Å². The molecule has 2 aromatic rings. The van der Waals surface area contributed by atoms with Gasteiger partial charge in [-0.05, 0) is 16.7 Å². The second kappa shape index (κ2) is 9.90. The highest BCUT2D eigenvalue weighted by Gasteiger charge is 2.71. The third-order valence-electron chi connectivity index (χ3n) is 5.63. The van der Waals surface area contributed by atoms with Crippen LogP contribution in [0.2, 0.25) is 0 Å². The van der Waals surface area contributed by atoms with E-state index in [2.05, 4.69) is 4.90 Å². The van der Waals surface area contributed by atoms with E-state index in [-0.39, 0.29) is 18.3 Å². The van der Waals surface area contributed by atoms with Crippen LogP contribution in [0.3, 0.4) is 0 Å². The van der Waals surface area contributed by atoms with E-state index in [1.54, 1.807) is 17.0 Å². The van der Waals surface area contributed by atoms with Gasteiger partial charge >= 0.3 is 12.4 Å². The molecule has 33 heavy (non-hydrogen) atoms. The van der Waals surface area contributed by atoms with E-state index in [1.165, 1.54) is 6.92 Å². The number of carbonyl (C=O) groups is 1. The van der Waals surface area contributed by atoms with Crippen LogP contribution in [-0.2, 0) is 16.9 Å². The molecule has 1 heterocycles. The molecule has 4 nitrogen and oxygen atoms in total. The standard InChI is InChI=1S/C22H22F6N2O2.ClH/c1-15(31)30-12-10-29(11-13-30)14-16-2-4-17(5-3-16)18-6-8-19(9-7-18)20(32,21(23,24)25)22(26,27)28;/h2-9,32H,10-14H2,1H3;1H. The van der Waals surface area contributed by atoms with Gasteiger partial charge in [0.05, 0.1) is 0 Å². The maximum absolute atomic E-state index is 13.0. The number of rotatable bonds is 4. The summed E-state index contributed by atoms with van der Waals surface area (Å²) < 4.78 is 78.1. The third kappa shape index (κ3) is 5.62. The fourth-order valence-electron chi connectivity index (χ4n) is 3.67. The summed E-state index contributed by atoms with van der Waals surface area (Å²) in [6.45, 7) is 4.99. The molecule has 0 aliphatic carbocycles. The number of alkyl halides is 6. The molecule has 0 spiro atoms. The van der Waals surface area contributed by atoms with Crippen LogP contribution in [0.4, 0.5) is 26.3 Å². The van der Waals surface area contributed by atoms with Crippen LogP contribution in [0, 0.1) is 0 Å². The van der Waals surface area contributed by atoms with Crippen molar-refractivity contribution < 1.29 is 36.2 Å². The zero-order chi connectivity index (χ0) is 23.7. The lowest BCUT2D eigenvalue weighted by Crippen LogP contribution is -2.53. The summed E-state index contributed by atoms with van der Waals surface area (Å²) in [5, 5.41) is 9.48.